The fourth-order valence-electron chi connectivity index (χ4n) is 3.75. The summed E-state index contributed by atoms with van der Waals surface area (Å²) in [5, 5.41) is 8.45. The van der Waals surface area contributed by atoms with E-state index in [1.807, 2.05) is 12.1 Å². The minimum atomic E-state index is -0.544. The number of ether oxygens (including phenoxy) is 2. The highest BCUT2D eigenvalue weighted by molar-refractivity contribution is 6.30. The first-order valence-electron chi connectivity index (χ1n) is 12.0. The molecule has 1 aromatic carbocycles. The normalized spacial score (nSPS) is 12.9. The summed E-state index contributed by atoms with van der Waals surface area (Å²) in [6.07, 6.45) is 4.06. The molecule has 0 aliphatic carbocycles. The first-order valence-corrected chi connectivity index (χ1v) is 12.4. The predicted octanol–water partition coefficient (Wildman–Crippen LogP) is 2.99. The first-order chi connectivity index (χ1) is 18.5. The van der Waals surface area contributed by atoms with Gasteiger partial charge in [0.15, 0.2) is 5.69 Å². The highest BCUT2D eigenvalue weighted by atomic mass is 35.5. The Morgan fingerprint density at radius 2 is 1.92 bits per heavy atom. The van der Waals surface area contributed by atoms with Gasteiger partial charge < -0.3 is 30.3 Å². The second kappa shape index (κ2) is 13.4. The summed E-state index contributed by atoms with van der Waals surface area (Å²) < 4.78 is 11.4. The zero-order chi connectivity index (χ0) is 26.7. The van der Waals surface area contributed by atoms with Gasteiger partial charge in [-0.2, -0.15) is 0 Å². The zero-order valence-electron chi connectivity index (χ0n) is 20.5. The van der Waals surface area contributed by atoms with Crippen LogP contribution < -0.4 is 25.6 Å². The molecule has 0 unspecified atom stereocenters. The summed E-state index contributed by atoms with van der Waals surface area (Å²) >= 11 is 5.86. The van der Waals surface area contributed by atoms with Crippen molar-refractivity contribution in [1.82, 2.24) is 15.3 Å². The topological polar surface area (TPSA) is 135 Å². The second-order valence-corrected chi connectivity index (χ2v) is 8.66. The average Bonchev–Trinajstić information content (AvgIpc) is 2.95. The third-order valence-electron chi connectivity index (χ3n) is 5.63. The lowest BCUT2D eigenvalue weighted by Crippen LogP contribution is -2.36. The number of halogens is 1. The van der Waals surface area contributed by atoms with Gasteiger partial charge in [-0.1, -0.05) is 11.6 Å². The van der Waals surface area contributed by atoms with Crippen molar-refractivity contribution in [3.05, 3.63) is 71.1 Å². The molecular formula is C26H27ClN6O5. The zero-order valence-corrected chi connectivity index (χ0v) is 21.2. The van der Waals surface area contributed by atoms with E-state index in [0.717, 1.165) is 18.8 Å². The Morgan fingerprint density at radius 3 is 2.68 bits per heavy atom. The summed E-state index contributed by atoms with van der Waals surface area (Å²) in [7, 11) is 0. The maximum atomic E-state index is 13.4. The van der Waals surface area contributed by atoms with Crippen LogP contribution >= 0.6 is 11.6 Å². The maximum absolute atomic E-state index is 13.4. The van der Waals surface area contributed by atoms with Crippen LogP contribution in [0.4, 0.5) is 17.2 Å². The van der Waals surface area contributed by atoms with Crippen LogP contribution in [-0.4, -0.2) is 67.6 Å². The SMILES string of the molecule is O=CNCCCOc1cc(N2CCOCC2)ccc1C(=O)Nc1cccnc1C(=O)Nc1ccc(Cl)cn1. The van der Waals surface area contributed by atoms with Crippen LogP contribution in [0.1, 0.15) is 27.3 Å². The standard InChI is InChI=1S/C26H27ClN6O5/c27-18-4-7-23(30-16-18)32-26(36)24-21(3-1-9-29-24)31-25(35)20-6-5-19(33-10-13-37-14-11-33)15-22(20)38-12-2-8-28-17-34/h1,3-7,9,15-17H,2,8,10-14H2,(H,28,34)(H,31,35)(H,30,32,36). The Balaban J connectivity index is 1.53. The van der Waals surface area contributed by atoms with Gasteiger partial charge >= 0.3 is 0 Å². The van der Waals surface area contributed by atoms with Crippen molar-refractivity contribution < 1.29 is 23.9 Å². The molecule has 38 heavy (non-hydrogen) atoms. The number of morpholine rings is 1. The number of anilines is 3. The van der Waals surface area contributed by atoms with E-state index in [4.69, 9.17) is 21.1 Å². The van der Waals surface area contributed by atoms with Crippen molar-refractivity contribution in [1.29, 1.82) is 0 Å². The van der Waals surface area contributed by atoms with Crippen molar-refractivity contribution in [2.75, 3.05) is 55.0 Å². The van der Waals surface area contributed by atoms with E-state index in [1.54, 1.807) is 30.3 Å². The number of carbonyl (C=O) groups is 3. The molecule has 1 aliphatic heterocycles. The molecule has 3 N–H and O–H groups in total. The number of nitrogens with one attached hydrogen (secondary N) is 3. The van der Waals surface area contributed by atoms with Crippen LogP contribution in [0.5, 0.6) is 5.75 Å². The lowest BCUT2D eigenvalue weighted by atomic mass is 10.1. The van der Waals surface area contributed by atoms with E-state index in [1.165, 1.54) is 12.4 Å². The predicted molar refractivity (Wildman–Crippen MR) is 143 cm³/mol. The molecule has 3 heterocycles. The average molecular weight is 539 g/mol. The number of pyridine rings is 2. The second-order valence-electron chi connectivity index (χ2n) is 8.22. The Hall–Kier alpha value is -4.22. The number of carbonyl (C=O) groups excluding carboxylic acids is 3. The summed E-state index contributed by atoms with van der Waals surface area (Å²) in [6, 6.07) is 11.7. The summed E-state index contributed by atoms with van der Waals surface area (Å²) in [5.74, 6) is -0.331. The van der Waals surface area contributed by atoms with Crippen molar-refractivity contribution in [3.8, 4) is 5.75 Å². The third-order valence-corrected chi connectivity index (χ3v) is 5.86. The fourth-order valence-corrected chi connectivity index (χ4v) is 3.87. The molecular weight excluding hydrogens is 512 g/mol. The maximum Gasteiger partial charge on any atom is 0.277 e. The molecule has 0 radical (unpaired) electrons. The van der Waals surface area contributed by atoms with Gasteiger partial charge in [0.1, 0.15) is 11.6 Å². The van der Waals surface area contributed by atoms with Crippen molar-refractivity contribution in [2.24, 2.45) is 0 Å². The largest absolute Gasteiger partial charge is 0.493 e. The number of amides is 3. The number of nitrogens with zero attached hydrogens (tertiary/aromatic N) is 3. The molecule has 3 aromatic rings. The molecule has 1 saturated heterocycles. The highest BCUT2D eigenvalue weighted by Crippen LogP contribution is 2.28. The van der Waals surface area contributed by atoms with Crippen LogP contribution in [0, 0.1) is 0 Å². The van der Waals surface area contributed by atoms with Crippen LogP contribution in [-0.2, 0) is 9.53 Å². The Morgan fingerprint density at radius 1 is 1.08 bits per heavy atom. The van der Waals surface area contributed by atoms with Crippen LogP contribution in [0.25, 0.3) is 0 Å². The number of benzene rings is 1. The van der Waals surface area contributed by atoms with Crippen molar-refractivity contribution in [2.45, 2.75) is 6.42 Å². The smallest absolute Gasteiger partial charge is 0.277 e. The van der Waals surface area contributed by atoms with Crippen LogP contribution in [0.2, 0.25) is 5.02 Å². The lowest BCUT2D eigenvalue weighted by molar-refractivity contribution is -0.109. The molecule has 4 rings (SSSR count). The van der Waals surface area contributed by atoms with E-state index in [9.17, 15) is 14.4 Å². The molecule has 2 aromatic heterocycles. The Kier molecular flexibility index (Phi) is 9.43. The highest BCUT2D eigenvalue weighted by Gasteiger charge is 2.20. The van der Waals surface area contributed by atoms with Gasteiger partial charge in [-0.25, -0.2) is 9.97 Å². The molecule has 1 aliphatic rings. The van der Waals surface area contributed by atoms with E-state index in [-0.39, 0.29) is 11.4 Å². The van der Waals surface area contributed by atoms with E-state index >= 15 is 0 Å². The Labute approximate surface area is 224 Å². The molecule has 11 nitrogen and oxygen atoms in total. The Bertz CT molecular complexity index is 1270. The first kappa shape index (κ1) is 26.8. The summed E-state index contributed by atoms with van der Waals surface area (Å²) in [6.45, 7) is 3.43. The molecule has 198 valence electrons. The van der Waals surface area contributed by atoms with Crippen LogP contribution in [0.15, 0.2) is 54.9 Å². The van der Waals surface area contributed by atoms with Crippen molar-refractivity contribution >= 4 is 47.0 Å². The molecule has 12 heteroatoms. The quantitative estimate of drug-likeness (QED) is 0.250. The van der Waals surface area contributed by atoms with Gasteiger partial charge in [0, 0.05) is 43.8 Å². The van der Waals surface area contributed by atoms with Gasteiger partial charge in [-0.15, -0.1) is 0 Å². The minimum absolute atomic E-state index is 0.0185. The number of hydrogen-bond acceptors (Lipinski definition) is 8. The summed E-state index contributed by atoms with van der Waals surface area (Å²) in [4.78, 5) is 47.1. The van der Waals surface area contributed by atoms with Gasteiger partial charge in [0.05, 0.1) is 36.1 Å². The molecule has 3 amide bonds. The minimum Gasteiger partial charge on any atom is -0.493 e. The fraction of sp³-hybridized carbons (Fsp3) is 0.269. The number of aromatic nitrogens is 2. The molecule has 0 spiro atoms. The van der Waals surface area contributed by atoms with Crippen molar-refractivity contribution in [3.63, 3.8) is 0 Å². The monoisotopic (exact) mass is 538 g/mol. The third kappa shape index (κ3) is 7.17. The molecule has 0 bridgehead atoms. The van der Waals surface area contributed by atoms with E-state index in [0.29, 0.717) is 61.3 Å². The molecule has 0 saturated carbocycles. The van der Waals surface area contributed by atoms with Gasteiger partial charge in [-0.3, -0.25) is 14.4 Å². The number of rotatable bonds is 11. The molecule has 0 atom stereocenters. The van der Waals surface area contributed by atoms with E-state index in [2.05, 4.69) is 30.8 Å². The molecule has 1 fully saturated rings. The van der Waals surface area contributed by atoms with Gasteiger partial charge in [0.2, 0.25) is 6.41 Å². The van der Waals surface area contributed by atoms with E-state index < -0.39 is 11.8 Å². The number of hydrogen-bond donors (Lipinski definition) is 3. The van der Waals surface area contributed by atoms with Crippen LogP contribution in [0.3, 0.4) is 0 Å². The lowest BCUT2D eigenvalue weighted by Gasteiger charge is -2.29. The summed E-state index contributed by atoms with van der Waals surface area (Å²) in [5.41, 5.74) is 1.44. The van der Waals surface area contributed by atoms with Gasteiger partial charge in [0.25, 0.3) is 11.8 Å². The van der Waals surface area contributed by atoms with Gasteiger partial charge in [-0.05, 0) is 42.8 Å².